The molecule has 30 heavy (non-hydrogen) atoms. The Labute approximate surface area is 174 Å². The maximum atomic E-state index is 9.80. The first-order valence-electron chi connectivity index (χ1n) is 10.3. The van der Waals surface area contributed by atoms with Crippen LogP contribution in [0.5, 0.6) is 23.0 Å². The first kappa shape index (κ1) is 19.4. The summed E-state index contributed by atoms with van der Waals surface area (Å²) >= 11 is 0. The van der Waals surface area contributed by atoms with Crippen LogP contribution in [-0.4, -0.2) is 68.9 Å². The van der Waals surface area contributed by atoms with Crippen molar-refractivity contribution in [3.8, 4) is 23.0 Å². The average Bonchev–Trinajstić information content (AvgIpc) is 3.31. The normalized spacial score (nSPS) is 29.9. The number of phenolic OH excluding ortho intramolecular Hbond substituents is 4. The standard InChI is InChI=1S/C22H26N2O6/c25-15-3-1-13(9-17(15)27)19-11-23-7-6-22-24(8-5-21(23)29-19)12-20(30-22)14-2-4-16(26)18(28)10-14/h1-4,9-10,19-22,25-28H,5-8,11-12H2/t19-,20-,21?,22?/m0/s1. The van der Waals surface area contributed by atoms with E-state index in [1.54, 1.807) is 24.3 Å². The van der Waals surface area contributed by atoms with E-state index in [2.05, 4.69) is 9.80 Å². The molecule has 0 radical (unpaired) electrons. The van der Waals surface area contributed by atoms with Gasteiger partial charge >= 0.3 is 0 Å². The van der Waals surface area contributed by atoms with Crippen LogP contribution >= 0.6 is 0 Å². The summed E-state index contributed by atoms with van der Waals surface area (Å²) in [6, 6.07) is 9.71. The van der Waals surface area contributed by atoms with Crippen molar-refractivity contribution in [2.75, 3.05) is 26.2 Å². The number of ether oxygens (including phenoxy) is 2. The number of rotatable bonds is 2. The van der Waals surface area contributed by atoms with Gasteiger partial charge in [-0.1, -0.05) is 12.1 Å². The van der Waals surface area contributed by atoms with Gasteiger partial charge in [-0.2, -0.15) is 0 Å². The summed E-state index contributed by atoms with van der Waals surface area (Å²) < 4.78 is 12.6. The summed E-state index contributed by atoms with van der Waals surface area (Å²) in [5.41, 5.74) is 1.72. The zero-order valence-corrected chi connectivity index (χ0v) is 16.5. The van der Waals surface area contributed by atoms with Crippen LogP contribution in [0.25, 0.3) is 0 Å². The third-order valence-electron chi connectivity index (χ3n) is 6.33. The second kappa shape index (κ2) is 7.63. The molecule has 5 rings (SSSR count). The first-order valence-corrected chi connectivity index (χ1v) is 10.3. The monoisotopic (exact) mass is 414 g/mol. The smallest absolute Gasteiger partial charge is 0.157 e. The molecule has 4 N–H and O–H groups in total. The average molecular weight is 414 g/mol. The van der Waals surface area contributed by atoms with Crippen molar-refractivity contribution in [1.29, 1.82) is 0 Å². The highest BCUT2D eigenvalue weighted by Gasteiger charge is 2.40. The summed E-state index contributed by atoms with van der Waals surface area (Å²) in [5, 5.41) is 38.7. The van der Waals surface area contributed by atoms with Gasteiger partial charge in [0.05, 0.1) is 12.2 Å². The van der Waals surface area contributed by atoms with Crippen LogP contribution in [0.4, 0.5) is 0 Å². The molecule has 0 aliphatic carbocycles. The van der Waals surface area contributed by atoms with E-state index in [9.17, 15) is 20.4 Å². The summed E-state index contributed by atoms with van der Waals surface area (Å²) in [4.78, 5) is 4.63. The van der Waals surface area contributed by atoms with E-state index >= 15 is 0 Å². The molecule has 3 fully saturated rings. The van der Waals surface area contributed by atoms with E-state index in [1.165, 1.54) is 12.1 Å². The Bertz CT molecular complexity index is 838. The zero-order valence-electron chi connectivity index (χ0n) is 16.5. The van der Waals surface area contributed by atoms with Crippen molar-refractivity contribution in [3.05, 3.63) is 47.5 Å². The molecule has 0 saturated carbocycles. The topological polar surface area (TPSA) is 106 Å². The lowest BCUT2D eigenvalue weighted by molar-refractivity contribution is -0.0566. The zero-order chi connectivity index (χ0) is 20.8. The lowest BCUT2D eigenvalue weighted by Crippen LogP contribution is -2.43. The molecule has 4 atom stereocenters. The van der Waals surface area contributed by atoms with Crippen molar-refractivity contribution in [1.82, 2.24) is 9.80 Å². The third kappa shape index (κ3) is 3.56. The molecule has 3 saturated heterocycles. The van der Waals surface area contributed by atoms with Gasteiger partial charge in [0, 0.05) is 26.2 Å². The Hall–Kier alpha value is -2.52. The molecule has 0 aromatic heterocycles. The van der Waals surface area contributed by atoms with E-state index in [0.29, 0.717) is 0 Å². The van der Waals surface area contributed by atoms with Crippen molar-refractivity contribution in [2.24, 2.45) is 0 Å². The Morgan fingerprint density at radius 1 is 0.633 bits per heavy atom. The van der Waals surface area contributed by atoms with Crippen molar-refractivity contribution in [3.63, 3.8) is 0 Å². The number of phenols is 4. The van der Waals surface area contributed by atoms with Crippen LogP contribution < -0.4 is 0 Å². The Kier molecular flexibility index (Phi) is 4.94. The maximum absolute atomic E-state index is 9.80. The van der Waals surface area contributed by atoms with Gasteiger partial charge in [-0.05, 0) is 48.2 Å². The Morgan fingerprint density at radius 2 is 1.07 bits per heavy atom. The highest BCUT2D eigenvalue weighted by molar-refractivity contribution is 5.42. The minimum absolute atomic E-state index is 0.00339. The van der Waals surface area contributed by atoms with E-state index < -0.39 is 0 Å². The molecule has 8 nitrogen and oxygen atoms in total. The van der Waals surface area contributed by atoms with Gasteiger partial charge in [0.1, 0.15) is 12.5 Å². The van der Waals surface area contributed by atoms with Crippen LogP contribution in [0.3, 0.4) is 0 Å². The van der Waals surface area contributed by atoms with Gasteiger partial charge in [0.25, 0.3) is 0 Å². The predicted octanol–water partition coefficient (Wildman–Crippen LogP) is 2.40. The second-order valence-corrected chi connectivity index (χ2v) is 8.22. The van der Waals surface area contributed by atoms with Crippen LogP contribution in [0.15, 0.2) is 36.4 Å². The third-order valence-corrected chi connectivity index (χ3v) is 6.33. The Morgan fingerprint density at radius 3 is 1.47 bits per heavy atom. The van der Waals surface area contributed by atoms with Crippen LogP contribution in [0.2, 0.25) is 0 Å². The molecule has 3 heterocycles. The molecular formula is C22H26N2O6. The second-order valence-electron chi connectivity index (χ2n) is 8.22. The van der Waals surface area contributed by atoms with Crippen LogP contribution in [0.1, 0.15) is 36.2 Å². The van der Waals surface area contributed by atoms with Gasteiger partial charge in [0.15, 0.2) is 23.0 Å². The molecule has 0 bridgehead atoms. The number of hydrogen-bond donors (Lipinski definition) is 4. The quantitative estimate of drug-likeness (QED) is 0.555. The van der Waals surface area contributed by atoms with Gasteiger partial charge in [-0.15, -0.1) is 0 Å². The first-order chi connectivity index (χ1) is 14.5. The molecule has 8 heteroatoms. The molecule has 2 unspecified atom stereocenters. The van der Waals surface area contributed by atoms with Crippen molar-refractivity contribution < 1.29 is 29.9 Å². The molecule has 3 aliphatic heterocycles. The van der Waals surface area contributed by atoms with E-state index in [0.717, 1.165) is 50.1 Å². The number of fused-ring (bicyclic) bond motifs is 2. The van der Waals surface area contributed by atoms with Gasteiger partial charge in [-0.3, -0.25) is 9.80 Å². The summed E-state index contributed by atoms with van der Waals surface area (Å²) in [6.07, 6.45) is 1.42. The van der Waals surface area contributed by atoms with Gasteiger partial charge in [0.2, 0.25) is 0 Å². The summed E-state index contributed by atoms with van der Waals surface area (Å²) in [5.74, 6) is -0.513. The lowest BCUT2D eigenvalue weighted by atomic mass is 10.1. The molecule has 0 spiro atoms. The Balaban J connectivity index is 1.25. The molecule has 0 amide bonds. The van der Waals surface area contributed by atoms with E-state index in [1.807, 2.05) is 0 Å². The summed E-state index contributed by atoms with van der Waals surface area (Å²) in [7, 11) is 0. The minimum atomic E-state index is -0.136. The van der Waals surface area contributed by atoms with Crippen molar-refractivity contribution in [2.45, 2.75) is 37.5 Å². The molecule has 160 valence electrons. The van der Waals surface area contributed by atoms with Gasteiger partial charge < -0.3 is 29.9 Å². The van der Waals surface area contributed by atoms with E-state index in [-0.39, 0.29) is 47.7 Å². The largest absolute Gasteiger partial charge is 0.504 e. The van der Waals surface area contributed by atoms with Crippen LogP contribution in [-0.2, 0) is 9.47 Å². The molecular weight excluding hydrogens is 388 g/mol. The minimum Gasteiger partial charge on any atom is -0.504 e. The predicted molar refractivity (Wildman–Crippen MR) is 107 cm³/mol. The summed E-state index contributed by atoms with van der Waals surface area (Å²) in [6.45, 7) is 3.13. The highest BCUT2D eigenvalue weighted by atomic mass is 16.5. The number of benzene rings is 2. The van der Waals surface area contributed by atoms with E-state index in [4.69, 9.17) is 9.47 Å². The van der Waals surface area contributed by atoms with Crippen LogP contribution in [0, 0.1) is 0 Å². The SMILES string of the molecule is Oc1ccc([C@@H]2CN3CCC4O[C@H](c5ccc(O)c(O)c5)CN4CCC3O2)cc1O. The molecule has 3 aliphatic rings. The highest BCUT2D eigenvalue weighted by Crippen LogP contribution is 2.39. The fourth-order valence-corrected chi connectivity index (χ4v) is 4.67. The molecule has 2 aromatic rings. The number of hydrogen-bond acceptors (Lipinski definition) is 8. The fourth-order valence-electron chi connectivity index (χ4n) is 4.67. The lowest BCUT2D eigenvalue weighted by Gasteiger charge is -2.32. The number of nitrogens with zero attached hydrogens (tertiary/aromatic N) is 2. The number of aromatic hydroxyl groups is 4. The maximum Gasteiger partial charge on any atom is 0.157 e. The van der Waals surface area contributed by atoms with Crippen molar-refractivity contribution >= 4 is 0 Å². The molecule has 2 aromatic carbocycles. The van der Waals surface area contributed by atoms with Gasteiger partial charge in [-0.25, -0.2) is 0 Å². The fraction of sp³-hybridized carbons (Fsp3) is 0.455.